The monoisotopic (exact) mass is 379 g/mol. The number of hydrogen-bond acceptors (Lipinski definition) is 7. The van der Waals surface area contributed by atoms with Crippen LogP contribution >= 0.6 is 0 Å². The lowest BCUT2D eigenvalue weighted by Crippen LogP contribution is -2.38. The average molecular weight is 379 g/mol. The van der Waals surface area contributed by atoms with Crippen LogP contribution in [-0.4, -0.2) is 57.4 Å². The minimum Gasteiger partial charge on any atom is -0.378 e. The number of carbonyl (C=O) groups excluding carboxylic acids is 1. The largest absolute Gasteiger partial charge is 0.378 e. The van der Waals surface area contributed by atoms with E-state index < -0.39 is 0 Å². The number of nitrogens with one attached hydrogen (secondary N) is 1. The van der Waals surface area contributed by atoms with Crippen molar-refractivity contribution in [3.8, 4) is 5.69 Å². The molecular weight excluding hydrogens is 358 g/mol. The summed E-state index contributed by atoms with van der Waals surface area (Å²) in [5, 5.41) is 14.1. The molecular formula is C19H21N7O2. The van der Waals surface area contributed by atoms with Crippen LogP contribution < -0.4 is 10.2 Å². The second-order valence-corrected chi connectivity index (χ2v) is 6.46. The Labute approximate surface area is 162 Å². The minimum absolute atomic E-state index is 0.0352. The number of morpholine rings is 1. The van der Waals surface area contributed by atoms with Gasteiger partial charge in [0.1, 0.15) is 12.1 Å². The van der Waals surface area contributed by atoms with E-state index in [9.17, 15) is 4.79 Å². The average Bonchev–Trinajstić information content (AvgIpc) is 3.29. The molecule has 1 aromatic carbocycles. The molecule has 144 valence electrons. The van der Waals surface area contributed by atoms with E-state index in [1.165, 1.54) is 6.33 Å². The third-order valence-electron chi connectivity index (χ3n) is 4.57. The molecule has 9 heteroatoms. The van der Waals surface area contributed by atoms with Crippen LogP contribution in [0, 0.1) is 0 Å². The van der Waals surface area contributed by atoms with Gasteiger partial charge in [0.25, 0.3) is 0 Å². The Balaban J connectivity index is 1.35. The highest BCUT2D eigenvalue weighted by atomic mass is 16.5. The number of nitrogens with zero attached hydrogens (tertiary/aromatic N) is 6. The molecule has 3 heterocycles. The molecule has 0 atom stereocenters. The standard InChI is InChI=1S/C19H21N7O2/c27-18(12-15-3-5-17(6-4-15)26-14-22-23-24-26)21-13-16-2-1-7-20-19(16)25-8-10-28-11-9-25/h1-7,14H,8-13H2,(H,21,27). The normalized spacial score (nSPS) is 14.1. The summed E-state index contributed by atoms with van der Waals surface area (Å²) in [7, 11) is 0. The Hall–Kier alpha value is -3.33. The maximum absolute atomic E-state index is 12.4. The Morgan fingerprint density at radius 2 is 1.96 bits per heavy atom. The van der Waals surface area contributed by atoms with E-state index in [1.807, 2.05) is 36.4 Å². The Morgan fingerprint density at radius 3 is 2.71 bits per heavy atom. The van der Waals surface area contributed by atoms with E-state index in [4.69, 9.17) is 4.74 Å². The lowest BCUT2D eigenvalue weighted by Gasteiger charge is -2.29. The van der Waals surface area contributed by atoms with Gasteiger partial charge in [0.05, 0.1) is 25.3 Å². The van der Waals surface area contributed by atoms with Crippen molar-refractivity contribution in [2.24, 2.45) is 0 Å². The summed E-state index contributed by atoms with van der Waals surface area (Å²) in [5.74, 6) is 0.879. The molecule has 1 amide bonds. The van der Waals surface area contributed by atoms with Crippen LogP contribution in [0.3, 0.4) is 0 Å². The summed E-state index contributed by atoms with van der Waals surface area (Å²) in [4.78, 5) is 19.1. The summed E-state index contributed by atoms with van der Waals surface area (Å²) in [6.45, 7) is 3.46. The lowest BCUT2D eigenvalue weighted by molar-refractivity contribution is -0.120. The smallest absolute Gasteiger partial charge is 0.224 e. The predicted molar refractivity (Wildman–Crippen MR) is 102 cm³/mol. The molecule has 3 aromatic rings. The lowest BCUT2D eigenvalue weighted by atomic mass is 10.1. The van der Waals surface area contributed by atoms with E-state index in [-0.39, 0.29) is 5.91 Å². The first-order valence-corrected chi connectivity index (χ1v) is 9.15. The van der Waals surface area contributed by atoms with Gasteiger partial charge < -0.3 is 15.0 Å². The molecule has 0 bridgehead atoms. The molecule has 0 radical (unpaired) electrons. The van der Waals surface area contributed by atoms with Crippen LogP contribution in [0.2, 0.25) is 0 Å². The van der Waals surface area contributed by atoms with Crippen LogP contribution in [0.4, 0.5) is 5.82 Å². The number of aromatic nitrogens is 5. The molecule has 0 aliphatic carbocycles. The second-order valence-electron chi connectivity index (χ2n) is 6.46. The topological polar surface area (TPSA) is 98.1 Å². The summed E-state index contributed by atoms with van der Waals surface area (Å²) in [5.41, 5.74) is 2.78. The maximum Gasteiger partial charge on any atom is 0.224 e. The van der Waals surface area contributed by atoms with E-state index in [0.717, 1.165) is 35.7 Å². The van der Waals surface area contributed by atoms with Gasteiger partial charge in [0.15, 0.2) is 0 Å². The number of pyridine rings is 1. The number of amides is 1. The third-order valence-corrected chi connectivity index (χ3v) is 4.57. The third kappa shape index (κ3) is 4.32. The Morgan fingerprint density at radius 1 is 1.14 bits per heavy atom. The van der Waals surface area contributed by atoms with Crippen molar-refractivity contribution in [1.82, 2.24) is 30.5 Å². The van der Waals surface area contributed by atoms with Gasteiger partial charge in [-0.3, -0.25) is 4.79 Å². The molecule has 1 aliphatic rings. The first-order valence-electron chi connectivity index (χ1n) is 9.15. The number of tetrazole rings is 1. The Bertz CT molecular complexity index is 906. The fraction of sp³-hybridized carbons (Fsp3) is 0.316. The molecule has 1 fully saturated rings. The van der Waals surface area contributed by atoms with E-state index >= 15 is 0 Å². The maximum atomic E-state index is 12.4. The molecule has 2 aromatic heterocycles. The highest BCUT2D eigenvalue weighted by Crippen LogP contribution is 2.18. The minimum atomic E-state index is -0.0352. The second kappa shape index (κ2) is 8.57. The van der Waals surface area contributed by atoms with E-state index in [1.54, 1.807) is 10.9 Å². The molecule has 1 aliphatic heterocycles. The number of rotatable bonds is 6. The van der Waals surface area contributed by atoms with Gasteiger partial charge in [-0.2, -0.15) is 0 Å². The number of hydrogen-bond donors (Lipinski definition) is 1. The quantitative estimate of drug-likeness (QED) is 0.675. The van der Waals surface area contributed by atoms with Crippen LogP contribution in [0.25, 0.3) is 5.69 Å². The van der Waals surface area contributed by atoms with Gasteiger partial charge in [-0.25, -0.2) is 9.67 Å². The van der Waals surface area contributed by atoms with Crippen LogP contribution in [-0.2, 0) is 22.5 Å². The van der Waals surface area contributed by atoms with Gasteiger partial charge in [-0.1, -0.05) is 18.2 Å². The van der Waals surface area contributed by atoms with E-state index in [2.05, 4.69) is 30.7 Å². The van der Waals surface area contributed by atoms with Crippen LogP contribution in [0.1, 0.15) is 11.1 Å². The van der Waals surface area contributed by atoms with Crippen LogP contribution in [0.15, 0.2) is 48.9 Å². The first-order chi connectivity index (χ1) is 13.8. The molecule has 0 unspecified atom stereocenters. The Kier molecular flexibility index (Phi) is 5.53. The predicted octanol–water partition coefficient (Wildman–Crippen LogP) is 0.753. The van der Waals surface area contributed by atoms with Crippen molar-refractivity contribution < 1.29 is 9.53 Å². The van der Waals surface area contributed by atoms with Crippen molar-refractivity contribution in [1.29, 1.82) is 0 Å². The molecule has 1 N–H and O–H groups in total. The van der Waals surface area contributed by atoms with Crippen molar-refractivity contribution >= 4 is 11.7 Å². The zero-order valence-electron chi connectivity index (χ0n) is 15.4. The van der Waals surface area contributed by atoms with Gasteiger partial charge >= 0.3 is 0 Å². The fourth-order valence-corrected chi connectivity index (χ4v) is 3.12. The number of benzene rings is 1. The highest BCUT2D eigenvalue weighted by molar-refractivity contribution is 5.78. The fourth-order valence-electron chi connectivity index (χ4n) is 3.12. The summed E-state index contributed by atoms with van der Waals surface area (Å²) < 4.78 is 6.97. The molecule has 0 saturated carbocycles. The zero-order chi connectivity index (χ0) is 19.2. The molecule has 28 heavy (non-hydrogen) atoms. The van der Waals surface area contributed by atoms with Gasteiger partial charge in [-0.15, -0.1) is 5.10 Å². The first kappa shape index (κ1) is 18.1. The number of ether oxygens (including phenoxy) is 1. The van der Waals surface area contributed by atoms with Crippen molar-refractivity contribution in [3.63, 3.8) is 0 Å². The summed E-state index contributed by atoms with van der Waals surface area (Å²) in [6, 6.07) is 11.5. The SMILES string of the molecule is O=C(Cc1ccc(-n2cnnn2)cc1)NCc1cccnc1N1CCOCC1. The van der Waals surface area contributed by atoms with Gasteiger partial charge in [0, 0.05) is 31.4 Å². The van der Waals surface area contributed by atoms with E-state index in [0.29, 0.717) is 26.2 Å². The zero-order valence-corrected chi connectivity index (χ0v) is 15.4. The van der Waals surface area contributed by atoms with Crippen molar-refractivity contribution in [2.45, 2.75) is 13.0 Å². The highest BCUT2D eigenvalue weighted by Gasteiger charge is 2.16. The molecule has 0 spiro atoms. The molecule has 9 nitrogen and oxygen atoms in total. The molecule has 1 saturated heterocycles. The molecule has 4 rings (SSSR count). The van der Waals surface area contributed by atoms with Crippen molar-refractivity contribution in [2.75, 3.05) is 31.2 Å². The number of carbonyl (C=O) groups is 1. The summed E-state index contributed by atoms with van der Waals surface area (Å²) >= 11 is 0. The number of anilines is 1. The van der Waals surface area contributed by atoms with Gasteiger partial charge in [-0.05, 0) is 34.2 Å². The van der Waals surface area contributed by atoms with Gasteiger partial charge in [0.2, 0.25) is 5.91 Å². The van der Waals surface area contributed by atoms with Crippen molar-refractivity contribution in [3.05, 3.63) is 60.0 Å². The summed E-state index contributed by atoms with van der Waals surface area (Å²) in [6.07, 6.45) is 3.62. The van der Waals surface area contributed by atoms with Crippen LogP contribution in [0.5, 0.6) is 0 Å².